The summed E-state index contributed by atoms with van der Waals surface area (Å²) in [5.41, 5.74) is 5.45. The molecule has 0 heterocycles. The fourth-order valence-corrected chi connectivity index (χ4v) is 1.93. The van der Waals surface area contributed by atoms with Gasteiger partial charge in [0.1, 0.15) is 11.6 Å². The number of nitrogens with one attached hydrogen (secondary N) is 3. The second-order valence-electron chi connectivity index (χ2n) is 4.51. The van der Waals surface area contributed by atoms with Gasteiger partial charge in [0.05, 0.1) is 12.6 Å². The van der Waals surface area contributed by atoms with Gasteiger partial charge in [0.15, 0.2) is 0 Å². The monoisotopic (exact) mass is 278 g/mol. The number of amides is 2. The molecule has 1 aromatic rings. The van der Waals surface area contributed by atoms with Gasteiger partial charge in [0.25, 0.3) is 0 Å². The number of rotatable bonds is 6. The molecule has 0 fully saturated rings. The maximum absolute atomic E-state index is 12.0. The van der Waals surface area contributed by atoms with Gasteiger partial charge in [0, 0.05) is 5.69 Å². The van der Waals surface area contributed by atoms with Crippen LogP contribution in [0.2, 0.25) is 0 Å². The van der Waals surface area contributed by atoms with E-state index in [-0.39, 0.29) is 11.9 Å². The minimum Gasteiger partial charge on any atom is -0.497 e. The summed E-state index contributed by atoms with van der Waals surface area (Å²) >= 11 is 0. The van der Waals surface area contributed by atoms with E-state index < -0.39 is 5.54 Å². The first kappa shape index (κ1) is 15.8. The van der Waals surface area contributed by atoms with Crippen LogP contribution in [0, 0.1) is 5.41 Å². The smallest absolute Gasteiger partial charge is 0.320 e. The number of amidine groups is 1. The van der Waals surface area contributed by atoms with E-state index in [0.717, 1.165) is 5.75 Å². The first-order chi connectivity index (χ1) is 9.47. The molecular weight excluding hydrogens is 256 g/mol. The van der Waals surface area contributed by atoms with E-state index in [0.29, 0.717) is 18.5 Å². The number of carbonyl (C=O) groups is 1. The van der Waals surface area contributed by atoms with Crippen LogP contribution < -0.4 is 21.1 Å². The van der Waals surface area contributed by atoms with E-state index in [9.17, 15) is 4.79 Å². The molecular formula is C14H22N4O2. The van der Waals surface area contributed by atoms with Crippen LogP contribution in [0.4, 0.5) is 10.5 Å². The van der Waals surface area contributed by atoms with Crippen molar-refractivity contribution in [3.05, 3.63) is 24.3 Å². The summed E-state index contributed by atoms with van der Waals surface area (Å²) in [6.45, 7) is 3.77. The molecule has 0 radical (unpaired) electrons. The van der Waals surface area contributed by atoms with Gasteiger partial charge < -0.3 is 21.1 Å². The lowest BCUT2D eigenvalue weighted by Gasteiger charge is -2.31. The van der Waals surface area contributed by atoms with E-state index in [2.05, 4.69) is 10.6 Å². The predicted molar refractivity (Wildman–Crippen MR) is 80.4 cm³/mol. The number of benzene rings is 1. The maximum Gasteiger partial charge on any atom is 0.320 e. The molecule has 0 unspecified atom stereocenters. The Hall–Kier alpha value is -2.24. The highest BCUT2D eigenvalue weighted by Gasteiger charge is 2.31. The van der Waals surface area contributed by atoms with Crippen molar-refractivity contribution in [2.45, 2.75) is 32.2 Å². The normalized spacial score (nSPS) is 10.8. The minimum atomic E-state index is -0.795. The number of carbonyl (C=O) groups excluding carboxylic acids is 1. The first-order valence-electron chi connectivity index (χ1n) is 6.55. The van der Waals surface area contributed by atoms with Crippen LogP contribution in [-0.2, 0) is 0 Å². The Labute approximate surface area is 119 Å². The zero-order valence-corrected chi connectivity index (χ0v) is 12.1. The zero-order valence-electron chi connectivity index (χ0n) is 12.1. The van der Waals surface area contributed by atoms with Crippen LogP contribution in [0.5, 0.6) is 5.75 Å². The summed E-state index contributed by atoms with van der Waals surface area (Å²) in [6, 6.07) is 6.62. The molecule has 0 aromatic heterocycles. The summed E-state index contributed by atoms with van der Waals surface area (Å²) < 4.78 is 5.05. The lowest BCUT2D eigenvalue weighted by Crippen LogP contribution is -2.57. The molecule has 1 aromatic carbocycles. The average molecular weight is 278 g/mol. The highest BCUT2D eigenvalue weighted by atomic mass is 16.5. The fraction of sp³-hybridized carbons (Fsp3) is 0.429. The molecule has 0 atom stereocenters. The Bertz CT molecular complexity index is 467. The van der Waals surface area contributed by atoms with Crippen LogP contribution in [0.1, 0.15) is 26.7 Å². The molecule has 20 heavy (non-hydrogen) atoms. The van der Waals surface area contributed by atoms with Gasteiger partial charge in [-0.15, -0.1) is 0 Å². The number of methoxy groups -OCH3 is 1. The molecule has 0 aliphatic heterocycles. The Morgan fingerprint density at radius 2 is 1.85 bits per heavy atom. The molecule has 0 saturated carbocycles. The van der Waals surface area contributed by atoms with E-state index in [1.165, 1.54) is 0 Å². The molecule has 6 heteroatoms. The Morgan fingerprint density at radius 1 is 1.30 bits per heavy atom. The molecule has 110 valence electrons. The van der Waals surface area contributed by atoms with Crippen LogP contribution >= 0.6 is 0 Å². The standard InChI is InChI=1S/C14H22N4O2/c1-4-14(5-2,12(15)16)18-13(19)17-10-6-8-11(20-3)9-7-10/h6-9H,4-5H2,1-3H3,(H3,15,16)(H2,17,18,19). The van der Waals surface area contributed by atoms with Gasteiger partial charge in [-0.1, -0.05) is 13.8 Å². The zero-order chi connectivity index (χ0) is 15.2. The third kappa shape index (κ3) is 3.63. The quantitative estimate of drug-likeness (QED) is 0.474. The summed E-state index contributed by atoms with van der Waals surface area (Å²) in [6.07, 6.45) is 1.13. The van der Waals surface area contributed by atoms with E-state index in [1.807, 2.05) is 13.8 Å². The molecule has 0 aliphatic rings. The highest BCUT2D eigenvalue weighted by Crippen LogP contribution is 2.17. The van der Waals surface area contributed by atoms with Crippen LogP contribution in [-0.4, -0.2) is 24.5 Å². The molecule has 2 amide bonds. The van der Waals surface area contributed by atoms with Crippen molar-refractivity contribution in [2.24, 2.45) is 5.73 Å². The Kier molecular flexibility index (Phi) is 5.37. The van der Waals surface area contributed by atoms with Gasteiger partial charge in [-0.3, -0.25) is 5.41 Å². The number of nitrogens with two attached hydrogens (primary N) is 1. The van der Waals surface area contributed by atoms with Crippen molar-refractivity contribution >= 4 is 17.6 Å². The van der Waals surface area contributed by atoms with Gasteiger partial charge in [-0.05, 0) is 37.1 Å². The van der Waals surface area contributed by atoms with Crippen molar-refractivity contribution in [3.8, 4) is 5.75 Å². The first-order valence-corrected chi connectivity index (χ1v) is 6.55. The van der Waals surface area contributed by atoms with Crippen molar-refractivity contribution in [3.63, 3.8) is 0 Å². The summed E-state index contributed by atoms with van der Waals surface area (Å²) in [5.74, 6) is 0.684. The van der Waals surface area contributed by atoms with E-state index >= 15 is 0 Å². The summed E-state index contributed by atoms with van der Waals surface area (Å²) in [5, 5.41) is 13.1. The Morgan fingerprint density at radius 3 is 2.25 bits per heavy atom. The molecule has 0 bridgehead atoms. The number of hydrogen-bond acceptors (Lipinski definition) is 3. The van der Waals surface area contributed by atoms with Crippen LogP contribution in [0.25, 0.3) is 0 Å². The topological polar surface area (TPSA) is 100 Å². The van der Waals surface area contributed by atoms with E-state index in [1.54, 1.807) is 31.4 Å². The molecule has 0 spiro atoms. The molecule has 0 aliphatic carbocycles. The summed E-state index contributed by atoms with van der Waals surface area (Å²) in [7, 11) is 1.58. The number of hydrogen-bond donors (Lipinski definition) is 4. The van der Waals surface area contributed by atoms with Gasteiger partial charge in [-0.25, -0.2) is 4.79 Å². The van der Waals surface area contributed by atoms with E-state index in [4.69, 9.17) is 15.9 Å². The number of urea groups is 1. The van der Waals surface area contributed by atoms with Gasteiger partial charge in [0.2, 0.25) is 0 Å². The van der Waals surface area contributed by atoms with Crippen molar-refractivity contribution < 1.29 is 9.53 Å². The number of anilines is 1. The van der Waals surface area contributed by atoms with Crippen LogP contribution in [0.15, 0.2) is 24.3 Å². The SMILES string of the molecule is CCC(CC)(NC(=O)Nc1ccc(OC)cc1)C(=N)N. The Balaban J connectivity index is 2.72. The average Bonchev–Trinajstić information content (AvgIpc) is 2.45. The predicted octanol–water partition coefficient (Wildman–Crippen LogP) is 2.31. The largest absolute Gasteiger partial charge is 0.497 e. The third-order valence-corrected chi connectivity index (χ3v) is 3.42. The number of ether oxygens (including phenoxy) is 1. The molecule has 5 N–H and O–H groups in total. The lowest BCUT2D eigenvalue weighted by molar-refractivity contribution is 0.243. The molecule has 0 saturated heterocycles. The van der Waals surface area contributed by atoms with Gasteiger partial charge >= 0.3 is 6.03 Å². The van der Waals surface area contributed by atoms with Crippen molar-refractivity contribution in [2.75, 3.05) is 12.4 Å². The molecule has 1 rings (SSSR count). The highest BCUT2D eigenvalue weighted by molar-refractivity contribution is 5.96. The second-order valence-corrected chi connectivity index (χ2v) is 4.51. The minimum absolute atomic E-state index is 0.0348. The van der Waals surface area contributed by atoms with Crippen molar-refractivity contribution in [1.29, 1.82) is 5.41 Å². The van der Waals surface area contributed by atoms with Gasteiger partial charge in [-0.2, -0.15) is 0 Å². The maximum atomic E-state index is 12.0. The summed E-state index contributed by atoms with van der Waals surface area (Å²) in [4.78, 5) is 12.0. The van der Waals surface area contributed by atoms with Crippen LogP contribution in [0.3, 0.4) is 0 Å². The lowest BCUT2D eigenvalue weighted by atomic mass is 9.92. The fourth-order valence-electron chi connectivity index (χ4n) is 1.93. The molecule has 6 nitrogen and oxygen atoms in total. The third-order valence-electron chi connectivity index (χ3n) is 3.42. The second kappa shape index (κ2) is 6.79. The van der Waals surface area contributed by atoms with Crippen molar-refractivity contribution in [1.82, 2.24) is 5.32 Å².